The number of rotatable bonds is 5. The van der Waals surface area contributed by atoms with Gasteiger partial charge in [0.2, 0.25) is 0 Å². The number of fused-ring (bicyclic) bond motifs is 1. The summed E-state index contributed by atoms with van der Waals surface area (Å²) in [5, 5.41) is 8.75. The summed E-state index contributed by atoms with van der Waals surface area (Å²) in [6, 6.07) is 5.78. The first-order valence-corrected chi connectivity index (χ1v) is 6.56. The van der Waals surface area contributed by atoms with E-state index in [9.17, 15) is 9.59 Å². The summed E-state index contributed by atoms with van der Waals surface area (Å²) in [7, 11) is 0. The van der Waals surface area contributed by atoms with E-state index in [1.54, 1.807) is 0 Å². The molecule has 1 aliphatic rings. The Kier molecular flexibility index (Phi) is 4.32. The molecule has 0 aromatic heterocycles. The van der Waals surface area contributed by atoms with Crippen molar-refractivity contribution in [2.75, 3.05) is 6.61 Å². The van der Waals surface area contributed by atoms with Crippen LogP contribution in [0.4, 0.5) is 0 Å². The maximum absolute atomic E-state index is 11.7. The van der Waals surface area contributed by atoms with Gasteiger partial charge in [-0.15, -0.1) is 0 Å². The van der Waals surface area contributed by atoms with Gasteiger partial charge in [-0.1, -0.05) is 12.1 Å². The van der Waals surface area contributed by atoms with E-state index in [4.69, 9.17) is 9.84 Å². The zero-order chi connectivity index (χ0) is 13.8. The molecule has 0 radical (unpaired) electrons. The second-order valence-electron chi connectivity index (χ2n) is 4.91. The third-order valence-electron chi connectivity index (χ3n) is 3.41. The van der Waals surface area contributed by atoms with Crippen LogP contribution in [0.15, 0.2) is 18.2 Å². The topological polar surface area (TPSA) is 63.6 Å². The number of ether oxygens (including phenoxy) is 1. The Balaban J connectivity index is 2.12. The van der Waals surface area contributed by atoms with Gasteiger partial charge in [0, 0.05) is 6.61 Å². The minimum Gasteiger partial charge on any atom is -0.426 e. The van der Waals surface area contributed by atoms with E-state index in [0.717, 1.165) is 30.4 Å². The van der Waals surface area contributed by atoms with Gasteiger partial charge in [0.1, 0.15) is 17.5 Å². The molecule has 0 amide bonds. The molecule has 1 unspecified atom stereocenters. The second kappa shape index (κ2) is 5.97. The van der Waals surface area contributed by atoms with Crippen LogP contribution in [0.1, 0.15) is 30.9 Å². The Hall–Kier alpha value is -1.68. The number of carbonyl (C=O) groups excluding carboxylic acids is 2. The molecule has 19 heavy (non-hydrogen) atoms. The fraction of sp³-hybridized carbons (Fsp3) is 0.467. The number of carbonyl (C=O) groups is 2. The normalized spacial score (nSPS) is 17.8. The number of ketones is 1. The third kappa shape index (κ3) is 3.20. The van der Waals surface area contributed by atoms with Crippen molar-refractivity contribution in [2.24, 2.45) is 5.92 Å². The Labute approximate surface area is 112 Å². The number of unbranched alkanes of at least 4 members (excludes halogenated alkanes) is 1. The van der Waals surface area contributed by atoms with Crippen LogP contribution in [0, 0.1) is 5.92 Å². The van der Waals surface area contributed by atoms with Crippen LogP contribution >= 0.6 is 0 Å². The highest BCUT2D eigenvalue weighted by atomic mass is 16.5. The number of aliphatic hydroxyl groups is 1. The maximum atomic E-state index is 11.7. The van der Waals surface area contributed by atoms with E-state index >= 15 is 0 Å². The van der Waals surface area contributed by atoms with Crippen LogP contribution < -0.4 is 4.74 Å². The van der Waals surface area contributed by atoms with Crippen LogP contribution in [0.5, 0.6) is 5.75 Å². The van der Waals surface area contributed by atoms with Gasteiger partial charge in [0.25, 0.3) is 0 Å². The number of Topliss-reactive ketones (excluding diaryl/α,β-unsaturated/α-hetero) is 1. The molecule has 4 heteroatoms. The Morgan fingerprint density at radius 1 is 1.42 bits per heavy atom. The van der Waals surface area contributed by atoms with E-state index in [-0.39, 0.29) is 12.4 Å². The van der Waals surface area contributed by atoms with Crippen molar-refractivity contribution in [3.05, 3.63) is 29.3 Å². The van der Waals surface area contributed by atoms with E-state index in [0.29, 0.717) is 12.2 Å². The lowest BCUT2D eigenvalue weighted by atomic mass is 9.92. The summed E-state index contributed by atoms with van der Waals surface area (Å²) < 4.78 is 5.24. The summed E-state index contributed by atoms with van der Waals surface area (Å²) in [5.74, 6) is -0.688. The molecule has 1 aromatic rings. The molecule has 0 bridgehead atoms. The van der Waals surface area contributed by atoms with Crippen molar-refractivity contribution in [3.63, 3.8) is 0 Å². The van der Waals surface area contributed by atoms with Gasteiger partial charge in [-0.05, 0) is 49.8 Å². The molecule has 0 saturated carbocycles. The monoisotopic (exact) mass is 262 g/mol. The highest BCUT2D eigenvalue weighted by molar-refractivity contribution is 5.99. The van der Waals surface area contributed by atoms with Crippen molar-refractivity contribution in [1.29, 1.82) is 0 Å². The highest BCUT2D eigenvalue weighted by Gasteiger charge is 2.31. The van der Waals surface area contributed by atoms with Crippen molar-refractivity contribution in [1.82, 2.24) is 0 Å². The molecular weight excluding hydrogens is 244 g/mol. The zero-order valence-electron chi connectivity index (χ0n) is 11.0. The average molecular weight is 262 g/mol. The van der Waals surface area contributed by atoms with Crippen molar-refractivity contribution >= 4 is 11.8 Å². The van der Waals surface area contributed by atoms with Crippen LogP contribution in [0.3, 0.4) is 0 Å². The fourth-order valence-electron chi connectivity index (χ4n) is 2.25. The molecular formula is C15H18O4. The van der Waals surface area contributed by atoms with Gasteiger partial charge in [-0.25, -0.2) is 0 Å². The Morgan fingerprint density at radius 3 is 2.89 bits per heavy atom. The lowest BCUT2D eigenvalue weighted by Gasteiger charge is -2.22. The molecule has 1 aromatic carbocycles. The van der Waals surface area contributed by atoms with Crippen LogP contribution in [0.25, 0.3) is 0 Å². The van der Waals surface area contributed by atoms with Crippen molar-refractivity contribution < 1.29 is 19.4 Å². The number of benzene rings is 1. The molecule has 1 heterocycles. The zero-order valence-corrected chi connectivity index (χ0v) is 11.0. The first-order chi connectivity index (χ1) is 9.11. The molecule has 0 aliphatic carbocycles. The van der Waals surface area contributed by atoms with E-state index in [1.807, 2.05) is 18.2 Å². The summed E-state index contributed by atoms with van der Waals surface area (Å²) in [5.41, 5.74) is 1.99. The summed E-state index contributed by atoms with van der Waals surface area (Å²) >= 11 is 0. The van der Waals surface area contributed by atoms with Crippen molar-refractivity contribution in [3.8, 4) is 5.75 Å². The summed E-state index contributed by atoms with van der Waals surface area (Å²) in [4.78, 5) is 23.0. The van der Waals surface area contributed by atoms with E-state index < -0.39 is 11.9 Å². The number of hydrogen-bond acceptors (Lipinski definition) is 4. The summed E-state index contributed by atoms with van der Waals surface area (Å²) in [6.45, 7) is 1.61. The van der Waals surface area contributed by atoms with Gasteiger partial charge in [0.05, 0.1) is 0 Å². The minimum absolute atomic E-state index is 0.150. The summed E-state index contributed by atoms with van der Waals surface area (Å²) in [6.07, 6.45) is 2.95. The lowest BCUT2D eigenvalue weighted by molar-refractivity contribution is -0.144. The van der Waals surface area contributed by atoms with Gasteiger partial charge in [-0.3, -0.25) is 9.59 Å². The van der Waals surface area contributed by atoms with E-state index in [2.05, 4.69) is 0 Å². The average Bonchev–Trinajstić information content (AvgIpc) is 2.37. The smallest absolute Gasteiger partial charge is 0.322 e. The molecule has 102 valence electrons. The van der Waals surface area contributed by atoms with Gasteiger partial charge in [0.15, 0.2) is 0 Å². The number of hydrogen-bond donors (Lipinski definition) is 1. The van der Waals surface area contributed by atoms with Gasteiger partial charge >= 0.3 is 5.97 Å². The largest absolute Gasteiger partial charge is 0.426 e. The Morgan fingerprint density at radius 2 is 2.21 bits per heavy atom. The van der Waals surface area contributed by atoms with Gasteiger partial charge in [-0.2, -0.15) is 0 Å². The van der Waals surface area contributed by atoms with Crippen LogP contribution in [0.2, 0.25) is 0 Å². The highest BCUT2D eigenvalue weighted by Crippen LogP contribution is 2.30. The second-order valence-corrected chi connectivity index (χ2v) is 4.91. The predicted octanol–water partition coefficient (Wildman–Crippen LogP) is 1.67. The number of esters is 1. The molecule has 0 fully saturated rings. The van der Waals surface area contributed by atoms with Crippen LogP contribution in [-0.4, -0.2) is 23.5 Å². The maximum Gasteiger partial charge on any atom is 0.322 e. The fourth-order valence-corrected chi connectivity index (χ4v) is 2.25. The molecule has 0 spiro atoms. The molecule has 1 aliphatic heterocycles. The molecule has 1 N–H and O–H groups in total. The SMILES string of the molecule is CC(=O)C1Cc2ccc(CCCCO)cc2OC1=O. The first kappa shape index (κ1) is 13.7. The van der Waals surface area contributed by atoms with Crippen molar-refractivity contribution in [2.45, 2.75) is 32.6 Å². The molecule has 2 rings (SSSR count). The Bertz CT molecular complexity index is 493. The number of aliphatic hydroxyl groups excluding tert-OH is 1. The third-order valence-corrected chi connectivity index (χ3v) is 3.41. The quantitative estimate of drug-likeness (QED) is 0.379. The number of aryl methyl sites for hydroxylation is 1. The predicted molar refractivity (Wildman–Crippen MR) is 70.0 cm³/mol. The standard InChI is InChI=1S/C15H18O4/c1-10(17)13-9-12-6-5-11(4-2-3-7-16)8-14(12)19-15(13)18/h5-6,8,13,16H,2-4,7,9H2,1H3. The van der Waals surface area contributed by atoms with Gasteiger partial charge < -0.3 is 9.84 Å². The minimum atomic E-state index is -0.660. The van der Waals surface area contributed by atoms with E-state index in [1.165, 1.54) is 6.92 Å². The molecule has 1 atom stereocenters. The molecule has 0 saturated heterocycles. The first-order valence-electron chi connectivity index (χ1n) is 6.56. The lowest BCUT2D eigenvalue weighted by Crippen LogP contribution is -2.32. The molecule has 4 nitrogen and oxygen atoms in total. The van der Waals surface area contributed by atoms with Crippen LogP contribution in [-0.2, 0) is 22.4 Å².